The van der Waals surface area contributed by atoms with Gasteiger partial charge in [0.15, 0.2) is 9.84 Å². The Balaban J connectivity index is 1.71. The zero-order chi connectivity index (χ0) is 21.9. The van der Waals surface area contributed by atoms with Crippen LogP contribution in [-0.2, 0) is 31.2 Å². The number of fused-ring (bicyclic) bond motifs is 4. The monoisotopic (exact) mass is 433 g/mol. The summed E-state index contributed by atoms with van der Waals surface area (Å²) in [4.78, 5) is 16.1. The number of likely N-dealkylation sites (tertiary alicyclic amines) is 1. The number of hydrogen-bond acceptors (Lipinski definition) is 4. The molecule has 1 aromatic rings. The van der Waals surface area contributed by atoms with Crippen molar-refractivity contribution in [3.63, 3.8) is 0 Å². The summed E-state index contributed by atoms with van der Waals surface area (Å²) in [5.74, 6) is 0.313. The van der Waals surface area contributed by atoms with Crippen LogP contribution in [0.3, 0.4) is 0 Å². The number of amides is 1. The highest BCUT2D eigenvalue weighted by molar-refractivity contribution is 7.90. The minimum atomic E-state index is -3.32. The zero-order valence-corrected chi connectivity index (χ0v) is 19.7. The summed E-state index contributed by atoms with van der Waals surface area (Å²) in [5, 5.41) is 0. The van der Waals surface area contributed by atoms with Crippen LogP contribution in [0.5, 0.6) is 0 Å². The third kappa shape index (κ3) is 3.22. The van der Waals surface area contributed by atoms with E-state index in [2.05, 4.69) is 31.7 Å². The molecule has 1 unspecified atom stereocenters. The van der Waals surface area contributed by atoms with Gasteiger partial charge in [0.05, 0.1) is 11.0 Å². The number of sulfone groups is 1. The third-order valence-electron chi connectivity index (χ3n) is 8.65. The first kappa shape index (κ1) is 21.8. The van der Waals surface area contributed by atoms with Gasteiger partial charge in [0.1, 0.15) is 0 Å². The maximum atomic E-state index is 13.6. The van der Waals surface area contributed by atoms with Crippen molar-refractivity contribution in [3.8, 4) is 0 Å². The molecule has 1 saturated heterocycles. The van der Waals surface area contributed by atoms with Crippen LogP contribution in [0.2, 0.25) is 0 Å². The smallest absolute Gasteiger partial charge is 0.225 e. The Kier molecular flexibility index (Phi) is 5.33. The van der Waals surface area contributed by atoms with E-state index >= 15 is 0 Å². The molecule has 0 aromatic heterocycles. The Morgan fingerprint density at radius 3 is 2.40 bits per heavy atom. The fourth-order valence-corrected chi connectivity index (χ4v) is 7.27. The van der Waals surface area contributed by atoms with E-state index in [-0.39, 0.29) is 34.8 Å². The molecule has 1 heterocycles. The second-order valence-corrected chi connectivity index (χ2v) is 12.3. The molecule has 6 heteroatoms. The highest BCUT2D eigenvalue weighted by Crippen LogP contribution is 2.57. The molecule has 3 aliphatic rings. The number of carbonyl (C=O) groups is 1. The second kappa shape index (κ2) is 7.33. The van der Waals surface area contributed by atoms with Gasteiger partial charge in [0.2, 0.25) is 5.91 Å². The zero-order valence-electron chi connectivity index (χ0n) is 18.9. The lowest BCUT2D eigenvalue weighted by Gasteiger charge is -2.61. The largest absolute Gasteiger partial charge is 0.381 e. The van der Waals surface area contributed by atoms with Crippen LogP contribution in [0.1, 0.15) is 64.0 Å². The number of benzene rings is 1. The minimum absolute atomic E-state index is 0.0132. The first-order valence-corrected chi connectivity index (χ1v) is 13.1. The summed E-state index contributed by atoms with van der Waals surface area (Å²) in [5.41, 5.74) is 1.79. The molecule has 0 spiro atoms. The Morgan fingerprint density at radius 1 is 1.13 bits per heavy atom. The van der Waals surface area contributed by atoms with E-state index in [0.29, 0.717) is 11.3 Å². The van der Waals surface area contributed by atoms with Crippen molar-refractivity contribution < 1.29 is 17.9 Å². The van der Waals surface area contributed by atoms with Gasteiger partial charge in [-0.05, 0) is 61.1 Å². The summed E-state index contributed by atoms with van der Waals surface area (Å²) >= 11 is 0. The molecule has 1 amide bonds. The Labute approximate surface area is 181 Å². The van der Waals surface area contributed by atoms with Gasteiger partial charge in [-0.3, -0.25) is 4.79 Å². The lowest BCUT2D eigenvalue weighted by atomic mass is 9.51. The lowest BCUT2D eigenvalue weighted by Crippen LogP contribution is -2.65. The standard InChI is InChI=1S/C24H35NO4S/c1-23(2)21-15-18-19(7-6-8-20(18)30(5,27)28)24(23,3)13-14-25(21)22(26)16-9-11-17(29-4)12-10-16/h6-8,16-17,21H,9-15H2,1-5H3/t16?,17?,21?,24-/m0/s1. The van der Waals surface area contributed by atoms with Crippen LogP contribution >= 0.6 is 0 Å². The van der Waals surface area contributed by atoms with E-state index in [4.69, 9.17) is 4.74 Å². The van der Waals surface area contributed by atoms with Crippen LogP contribution in [0, 0.1) is 11.3 Å². The van der Waals surface area contributed by atoms with Gasteiger partial charge in [-0.2, -0.15) is 0 Å². The molecular formula is C24H35NO4S. The number of ether oxygens (including phenoxy) is 1. The topological polar surface area (TPSA) is 63.7 Å². The molecule has 1 aliphatic heterocycles. The highest BCUT2D eigenvalue weighted by atomic mass is 32.2. The molecule has 0 radical (unpaired) electrons. The van der Waals surface area contributed by atoms with Crippen molar-refractivity contribution >= 4 is 15.7 Å². The molecule has 2 aliphatic carbocycles. The van der Waals surface area contributed by atoms with Gasteiger partial charge in [-0.25, -0.2) is 8.42 Å². The van der Waals surface area contributed by atoms with E-state index in [1.54, 1.807) is 13.2 Å². The molecule has 1 saturated carbocycles. The van der Waals surface area contributed by atoms with Gasteiger partial charge < -0.3 is 9.64 Å². The first-order chi connectivity index (χ1) is 14.0. The molecule has 2 fully saturated rings. The molecule has 4 rings (SSSR count). The van der Waals surface area contributed by atoms with Crippen LogP contribution in [0.15, 0.2) is 23.1 Å². The number of methoxy groups -OCH3 is 1. The van der Waals surface area contributed by atoms with Crippen LogP contribution in [0.4, 0.5) is 0 Å². The molecule has 2 bridgehead atoms. The van der Waals surface area contributed by atoms with Crippen LogP contribution < -0.4 is 0 Å². The van der Waals surface area contributed by atoms with Gasteiger partial charge in [0.25, 0.3) is 0 Å². The van der Waals surface area contributed by atoms with Crippen molar-refractivity contribution in [1.82, 2.24) is 4.90 Å². The van der Waals surface area contributed by atoms with E-state index in [0.717, 1.165) is 49.8 Å². The number of rotatable bonds is 3. The van der Waals surface area contributed by atoms with Crippen molar-refractivity contribution in [2.24, 2.45) is 11.3 Å². The number of hydrogen-bond donors (Lipinski definition) is 0. The van der Waals surface area contributed by atoms with Gasteiger partial charge in [-0.1, -0.05) is 32.9 Å². The lowest BCUT2D eigenvalue weighted by molar-refractivity contribution is -0.150. The van der Waals surface area contributed by atoms with Crippen LogP contribution in [-0.4, -0.2) is 51.3 Å². The minimum Gasteiger partial charge on any atom is -0.381 e. The highest BCUT2D eigenvalue weighted by Gasteiger charge is 2.57. The van der Waals surface area contributed by atoms with E-state index in [9.17, 15) is 13.2 Å². The van der Waals surface area contributed by atoms with Crippen molar-refractivity contribution in [2.45, 2.75) is 81.8 Å². The molecule has 166 valence electrons. The quantitative estimate of drug-likeness (QED) is 0.729. The Morgan fingerprint density at radius 2 is 1.80 bits per heavy atom. The maximum absolute atomic E-state index is 13.6. The van der Waals surface area contributed by atoms with Crippen molar-refractivity contribution in [2.75, 3.05) is 19.9 Å². The fourth-order valence-electron chi connectivity index (χ4n) is 6.30. The van der Waals surface area contributed by atoms with E-state index < -0.39 is 9.84 Å². The number of piperidine rings is 1. The van der Waals surface area contributed by atoms with Gasteiger partial charge >= 0.3 is 0 Å². The molecule has 2 atom stereocenters. The SMILES string of the molecule is COC1CCC(C(=O)N2CC[C@@]3(C)c4cccc(S(C)(=O)=O)c4CC2C3(C)C)CC1. The second-order valence-electron chi connectivity index (χ2n) is 10.3. The summed E-state index contributed by atoms with van der Waals surface area (Å²) in [7, 11) is -1.57. The Bertz CT molecular complexity index is 946. The third-order valence-corrected chi connectivity index (χ3v) is 9.83. The average Bonchev–Trinajstić information content (AvgIpc) is 2.69. The predicted octanol–water partition coefficient (Wildman–Crippen LogP) is 3.74. The molecule has 5 nitrogen and oxygen atoms in total. The average molecular weight is 434 g/mol. The van der Waals surface area contributed by atoms with Gasteiger partial charge in [0, 0.05) is 37.3 Å². The molecule has 30 heavy (non-hydrogen) atoms. The molecule has 1 aromatic carbocycles. The summed E-state index contributed by atoms with van der Waals surface area (Å²) in [6.45, 7) is 7.52. The molecular weight excluding hydrogens is 398 g/mol. The van der Waals surface area contributed by atoms with E-state index in [1.165, 1.54) is 6.26 Å². The fraction of sp³-hybridized carbons (Fsp3) is 0.708. The predicted molar refractivity (Wildman–Crippen MR) is 117 cm³/mol. The van der Waals surface area contributed by atoms with Crippen LogP contribution in [0.25, 0.3) is 0 Å². The summed E-state index contributed by atoms with van der Waals surface area (Å²) in [6.07, 6.45) is 6.66. The van der Waals surface area contributed by atoms with Crippen molar-refractivity contribution in [1.29, 1.82) is 0 Å². The van der Waals surface area contributed by atoms with Gasteiger partial charge in [-0.15, -0.1) is 0 Å². The molecule has 0 N–H and O–H groups in total. The maximum Gasteiger partial charge on any atom is 0.225 e. The summed E-state index contributed by atoms with van der Waals surface area (Å²) < 4.78 is 30.5. The summed E-state index contributed by atoms with van der Waals surface area (Å²) in [6, 6.07) is 5.72. The number of nitrogens with zero attached hydrogens (tertiary/aromatic N) is 1. The van der Waals surface area contributed by atoms with Crippen molar-refractivity contribution in [3.05, 3.63) is 29.3 Å². The normalized spacial score (nSPS) is 33.1. The van der Waals surface area contributed by atoms with E-state index in [1.807, 2.05) is 6.07 Å². The first-order valence-electron chi connectivity index (χ1n) is 11.2. The number of carbonyl (C=O) groups excluding carboxylic acids is 1. The Hall–Kier alpha value is -1.40.